The molecule has 0 saturated carbocycles. The van der Waals surface area contributed by atoms with Crippen molar-refractivity contribution < 1.29 is 0 Å². The lowest BCUT2D eigenvalue weighted by Crippen LogP contribution is -1.97. The Kier molecular flexibility index (Phi) is 20.5. The standard InChI is InChI=1S/C22H47Si/c1-4-5-6-7-8-9-10-11-12-13-14-15-16-17-18-19-20-21-22-23(2)3/h4-22H2,1-3H3. The van der Waals surface area contributed by atoms with Crippen molar-refractivity contribution in [2.24, 2.45) is 0 Å². The molecule has 0 aliphatic heterocycles. The maximum Gasteiger partial charge on any atom is 0.0412 e. The average Bonchev–Trinajstić information content (AvgIpc) is 2.53. The minimum atomic E-state index is 0.0442. The lowest BCUT2D eigenvalue weighted by atomic mass is 10.0. The second-order valence-electron chi connectivity index (χ2n) is 7.97. The van der Waals surface area contributed by atoms with Crippen LogP contribution in [0.1, 0.15) is 122 Å². The van der Waals surface area contributed by atoms with E-state index in [1.54, 1.807) is 0 Å². The zero-order valence-corrected chi connectivity index (χ0v) is 17.9. The van der Waals surface area contributed by atoms with Crippen LogP contribution in [0.3, 0.4) is 0 Å². The monoisotopic (exact) mass is 339 g/mol. The van der Waals surface area contributed by atoms with E-state index in [1.165, 1.54) is 122 Å². The zero-order valence-electron chi connectivity index (χ0n) is 16.9. The Hall–Kier alpha value is 0.217. The van der Waals surface area contributed by atoms with Gasteiger partial charge in [-0.25, -0.2) is 0 Å². The van der Waals surface area contributed by atoms with Gasteiger partial charge < -0.3 is 0 Å². The molecule has 0 bridgehead atoms. The SMILES string of the molecule is CCCCCCCCCCCCCCCCCCCC[Si](C)C. The molecule has 0 atom stereocenters. The van der Waals surface area contributed by atoms with Crippen molar-refractivity contribution in [1.82, 2.24) is 0 Å². The van der Waals surface area contributed by atoms with Gasteiger partial charge in [-0.05, 0) is 0 Å². The molecule has 0 nitrogen and oxygen atoms in total. The number of hydrogen-bond acceptors (Lipinski definition) is 0. The van der Waals surface area contributed by atoms with Crippen LogP contribution in [0.25, 0.3) is 0 Å². The molecule has 0 saturated heterocycles. The van der Waals surface area contributed by atoms with Gasteiger partial charge in [-0.1, -0.05) is 142 Å². The summed E-state index contributed by atoms with van der Waals surface area (Å²) in [5.41, 5.74) is 0. The summed E-state index contributed by atoms with van der Waals surface area (Å²) >= 11 is 0. The maximum absolute atomic E-state index is 2.44. The summed E-state index contributed by atoms with van der Waals surface area (Å²) in [4.78, 5) is 0. The second-order valence-corrected chi connectivity index (χ2v) is 10.9. The van der Waals surface area contributed by atoms with Gasteiger partial charge in [0.05, 0.1) is 0 Å². The fourth-order valence-electron chi connectivity index (χ4n) is 3.38. The van der Waals surface area contributed by atoms with Crippen LogP contribution in [0.5, 0.6) is 0 Å². The molecule has 0 fully saturated rings. The molecule has 0 aromatic heterocycles. The minimum Gasteiger partial charge on any atom is -0.0713 e. The van der Waals surface area contributed by atoms with Gasteiger partial charge in [-0.15, -0.1) is 0 Å². The first-order valence-corrected chi connectivity index (χ1v) is 13.8. The van der Waals surface area contributed by atoms with Crippen LogP contribution in [-0.4, -0.2) is 8.80 Å². The molecule has 1 radical (unpaired) electrons. The van der Waals surface area contributed by atoms with E-state index >= 15 is 0 Å². The molecule has 0 spiro atoms. The highest BCUT2D eigenvalue weighted by Gasteiger charge is 1.97. The van der Waals surface area contributed by atoms with Crippen LogP contribution in [0.15, 0.2) is 0 Å². The Morgan fingerprint density at radius 3 is 0.913 bits per heavy atom. The summed E-state index contributed by atoms with van der Waals surface area (Å²) in [6.45, 7) is 7.19. The molecule has 0 aliphatic rings. The first kappa shape index (κ1) is 23.2. The van der Waals surface area contributed by atoms with Crippen molar-refractivity contribution in [2.75, 3.05) is 0 Å². The van der Waals surface area contributed by atoms with Gasteiger partial charge >= 0.3 is 0 Å². The molecule has 23 heavy (non-hydrogen) atoms. The molecule has 1 heteroatoms. The van der Waals surface area contributed by atoms with Gasteiger partial charge in [0.25, 0.3) is 0 Å². The Labute approximate surface area is 150 Å². The van der Waals surface area contributed by atoms with E-state index in [0.29, 0.717) is 0 Å². The van der Waals surface area contributed by atoms with Crippen LogP contribution in [0.4, 0.5) is 0 Å². The van der Waals surface area contributed by atoms with E-state index in [4.69, 9.17) is 0 Å². The normalized spacial score (nSPS) is 11.5. The topological polar surface area (TPSA) is 0 Å². The zero-order chi connectivity index (χ0) is 17.0. The van der Waals surface area contributed by atoms with Crippen LogP contribution < -0.4 is 0 Å². The Bertz CT molecular complexity index is 200. The molecule has 0 aromatic rings. The van der Waals surface area contributed by atoms with Crippen molar-refractivity contribution in [3.63, 3.8) is 0 Å². The highest BCUT2D eigenvalue weighted by Crippen LogP contribution is 2.14. The summed E-state index contributed by atoms with van der Waals surface area (Å²) in [7, 11) is 0.0442. The third-order valence-corrected chi connectivity index (χ3v) is 6.38. The molecule has 0 unspecified atom stereocenters. The van der Waals surface area contributed by atoms with E-state index in [2.05, 4.69) is 20.0 Å². The van der Waals surface area contributed by atoms with E-state index < -0.39 is 0 Å². The summed E-state index contributed by atoms with van der Waals surface area (Å²) in [5.74, 6) is 0. The summed E-state index contributed by atoms with van der Waals surface area (Å²) < 4.78 is 0. The molecule has 0 rings (SSSR count). The Morgan fingerprint density at radius 2 is 0.652 bits per heavy atom. The number of unbranched alkanes of at least 4 members (excludes halogenated alkanes) is 17. The maximum atomic E-state index is 2.44. The molecule has 0 aromatic carbocycles. The van der Waals surface area contributed by atoms with E-state index in [0.717, 1.165) is 0 Å². The largest absolute Gasteiger partial charge is 0.0713 e. The molecule has 0 N–H and O–H groups in total. The Morgan fingerprint density at radius 1 is 0.391 bits per heavy atom. The summed E-state index contributed by atoms with van der Waals surface area (Å²) in [6.07, 6.45) is 26.7. The van der Waals surface area contributed by atoms with E-state index in [-0.39, 0.29) is 8.80 Å². The quantitative estimate of drug-likeness (QED) is 0.163. The highest BCUT2D eigenvalue weighted by atomic mass is 28.3. The van der Waals surface area contributed by atoms with Gasteiger partial charge in [0, 0.05) is 8.80 Å². The van der Waals surface area contributed by atoms with Gasteiger partial charge in [0.1, 0.15) is 0 Å². The molecular formula is C22H47Si. The van der Waals surface area contributed by atoms with Crippen LogP contribution >= 0.6 is 0 Å². The molecule has 0 aliphatic carbocycles. The van der Waals surface area contributed by atoms with Gasteiger partial charge in [0.2, 0.25) is 0 Å². The number of hydrogen-bond donors (Lipinski definition) is 0. The molecule has 139 valence electrons. The summed E-state index contributed by atoms with van der Waals surface area (Å²) in [5, 5.41) is 0. The second kappa shape index (κ2) is 20.3. The predicted molar refractivity (Wildman–Crippen MR) is 111 cm³/mol. The van der Waals surface area contributed by atoms with Gasteiger partial charge in [0.15, 0.2) is 0 Å². The molecule has 0 amide bonds. The van der Waals surface area contributed by atoms with Crippen molar-refractivity contribution in [3.8, 4) is 0 Å². The van der Waals surface area contributed by atoms with Crippen molar-refractivity contribution >= 4 is 8.80 Å². The fourth-order valence-corrected chi connectivity index (χ4v) is 4.34. The van der Waals surface area contributed by atoms with Crippen molar-refractivity contribution in [1.29, 1.82) is 0 Å². The third-order valence-electron chi connectivity index (χ3n) is 5.03. The van der Waals surface area contributed by atoms with E-state index in [1.807, 2.05) is 0 Å². The van der Waals surface area contributed by atoms with Crippen LogP contribution in [0, 0.1) is 0 Å². The van der Waals surface area contributed by atoms with Crippen LogP contribution in [0.2, 0.25) is 19.1 Å². The highest BCUT2D eigenvalue weighted by molar-refractivity contribution is 6.55. The Balaban J connectivity index is 2.95. The van der Waals surface area contributed by atoms with Gasteiger partial charge in [-0.3, -0.25) is 0 Å². The van der Waals surface area contributed by atoms with E-state index in [9.17, 15) is 0 Å². The lowest BCUT2D eigenvalue weighted by molar-refractivity contribution is 0.526. The van der Waals surface area contributed by atoms with Crippen LogP contribution in [-0.2, 0) is 0 Å². The fraction of sp³-hybridized carbons (Fsp3) is 1.00. The van der Waals surface area contributed by atoms with Gasteiger partial charge in [-0.2, -0.15) is 0 Å². The first-order valence-electron chi connectivity index (χ1n) is 11.1. The summed E-state index contributed by atoms with van der Waals surface area (Å²) in [6, 6.07) is 1.53. The molecule has 0 heterocycles. The first-order chi connectivity index (χ1) is 11.3. The smallest absolute Gasteiger partial charge is 0.0412 e. The van der Waals surface area contributed by atoms with Crippen molar-refractivity contribution in [2.45, 2.75) is 142 Å². The third kappa shape index (κ3) is 22.2. The van der Waals surface area contributed by atoms with Crippen molar-refractivity contribution in [3.05, 3.63) is 0 Å². The lowest BCUT2D eigenvalue weighted by Gasteiger charge is -2.04. The molecular weight excluding hydrogens is 292 g/mol. The minimum absolute atomic E-state index is 0.0442. The predicted octanol–water partition coefficient (Wildman–Crippen LogP) is 8.78. The average molecular weight is 340 g/mol. The number of rotatable bonds is 19.